The topological polar surface area (TPSA) is 196 Å². The first-order valence-corrected chi connectivity index (χ1v) is 10.3. The number of aromatic hydroxyl groups is 1. The van der Waals surface area contributed by atoms with Gasteiger partial charge in [0.2, 0.25) is 0 Å². The number of hydrogen-bond acceptors (Lipinski definition) is 12. The van der Waals surface area contributed by atoms with Crippen molar-refractivity contribution < 1.29 is 59.5 Å². The van der Waals surface area contributed by atoms with Gasteiger partial charge in [-0.25, -0.2) is 4.79 Å². The summed E-state index contributed by atoms with van der Waals surface area (Å²) in [5.41, 5.74) is 0.623. The molecule has 7 N–H and O–H groups in total. The van der Waals surface area contributed by atoms with Gasteiger partial charge in [0.1, 0.15) is 55.1 Å². The Bertz CT molecular complexity index is 814. The minimum atomic E-state index is -1.82. The molecule has 0 amide bonds. The van der Waals surface area contributed by atoms with Crippen LogP contribution in [0.2, 0.25) is 0 Å². The highest BCUT2D eigenvalue weighted by atomic mass is 16.7. The smallest absolute Gasteiger partial charge is 0.330 e. The molecule has 12 nitrogen and oxygen atoms in total. The highest BCUT2D eigenvalue weighted by molar-refractivity contribution is 5.87. The lowest BCUT2D eigenvalue weighted by molar-refractivity contribution is -0.352. The van der Waals surface area contributed by atoms with E-state index in [2.05, 4.69) is 0 Å². The lowest BCUT2D eigenvalue weighted by atomic mass is 9.97. The van der Waals surface area contributed by atoms with Crippen LogP contribution >= 0.6 is 0 Å². The summed E-state index contributed by atoms with van der Waals surface area (Å²) in [7, 11) is 0. The molecule has 2 fully saturated rings. The van der Waals surface area contributed by atoms with E-state index in [-0.39, 0.29) is 5.75 Å². The maximum atomic E-state index is 12.0. The van der Waals surface area contributed by atoms with E-state index in [0.29, 0.717) is 5.56 Å². The summed E-state index contributed by atoms with van der Waals surface area (Å²) in [5, 5.41) is 69.8. The zero-order valence-electron chi connectivity index (χ0n) is 17.6. The van der Waals surface area contributed by atoms with Crippen molar-refractivity contribution in [1.29, 1.82) is 0 Å². The van der Waals surface area contributed by atoms with E-state index in [1.54, 1.807) is 12.1 Å². The Balaban J connectivity index is 1.59. The number of esters is 1. The number of hydrogen-bond donors (Lipinski definition) is 7. The molecule has 2 saturated heterocycles. The van der Waals surface area contributed by atoms with Crippen molar-refractivity contribution in [1.82, 2.24) is 0 Å². The molecule has 2 heterocycles. The maximum absolute atomic E-state index is 12.0. The molecule has 33 heavy (non-hydrogen) atoms. The third kappa shape index (κ3) is 6.06. The minimum absolute atomic E-state index is 0.0713. The molecular weight excluding hydrogens is 444 g/mol. The molecule has 0 spiro atoms. The Labute approximate surface area is 188 Å². The lowest BCUT2D eigenvalue weighted by Crippen LogP contribution is -2.64. The summed E-state index contributed by atoms with van der Waals surface area (Å²) in [6.45, 7) is 0.922. The molecular formula is C21H28O12. The number of carbonyl (C=O) groups excluding carboxylic acids is 1. The molecule has 1 aromatic carbocycles. The van der Waals surface area contributed by atoms with Crippen LogP contribution in [-0.2, 0) is 23.7 Å². The van der Waals surface area contributed by atoms with Gasteiger partial charge in [-0.3, -0.25) is 0 Å². The van der Waals surface area contributed by atoms with E-state index < -0.39 is 74.0 Å². The quantitative estimate of drug-likeness (QED) is 0.172. The second-order valence-electron chi connectivity index (χ2n) is 7.88. The Morgan fingerprint density at radius 2 is 1.61 bits per heavy atom. The molecule has 2 aliphatic rings. The fraction of sp³-hybridized carbons (Fsp3) is 0.571. The maximum Gasteiger partial charge on any atom is 0.330 e. The average molecular weight is 472 g/mol. The largest absolute Gasteiger partial charge is 0.508 e. The van der Waals surface area contributed by atoms with Gasteiger partial charge in [0.15, 0.2) is 12.6 Å². The van der Waals surface area contributed by atoms with Gasteiger partial charge >= 0.3 is 5.97 Å². The van der Waals surface area contributed by atoms with E-state index in [9.17, 15) is 40.5 Å². The zero-order chi connectivity index (χ0) is 24.3. The van der Waals surface area contributed by atoms with E-state index in [1.807, 2.05) is 0 Å². The molecule has 0 bridgehead atoms. The number of carbonyl (C=O) groups is 1. The highest BCUT2D eigenvalue weighted by Crippen LogP contribution is 2.28. The summed E-state index contributed by atoms with van der Waals surface area (Å²) < 4.78 is 20.8. The van der Waals surface area contributed by atoms with Crippen LogP contribution in [0.1, 0.15) is 12.5 Å². The minimum Gasteiger partial charge on any atom is -0.508 e. The van der Waals surface area contributed by atoms with Crippen LogP contribution in [0, 0.1) is 0 Å². The van der Waals surface area contributed by atoms with Gasteiger partial charge in [0, 0.05) is 6.08 Å². The summed E-state index contributed by atoms with van der Waals surface area (Å²) in [6.07, 6.45) is -12.6. The van der Waals surface area contributed by atoms with Gasteiger partial charge in [-0.05, 0) is 30.7 Å². The van der Waals surface area contributed by atoms with Gasteiger partial charge < -0.3 is 54.7 Å². The molecule has 0 unspecified atom stereocenters. The Morgan fingerprint density at radius 3 is 2.27 bits per heavy atom. The lowest BCUT2D eigenvalue weighted by Gasteiger charge is -2.45. The predicted octanol–water partition coefficient (Wildman–Crippen LogP) is -2.40. The van der Waals surface area contributed by atoms with Crippen molar-refractivity contribution in [3.63, 3.8) is 0 Å². The van der Waals surface area contributed by atoms with Crippen molar-refractivity contribution in [3.8, 4) is 5.75 Å². The Hall–Kier alpha value is -2.13. The third-order valence-corrected chi connectivity index (χ3v) is 5.45. The van der Waals surface area contributed by atoms with Gasteiger partial charge in [-0.1, -0.05) is 12.1 Å². The number of phenols is 1. The van der Waals surface area contributed by atoms with Crippen LogP contribution in [0.5, 0.6) is 5.75 Å². The number of aliphatic hydroxyl groups is 6. The molecule has 0 aromatic heterocycles. The fourth-order valence-corrected chi connectivity index (χ4v) is 3.46. The Morgan fingerprint density at radius 1 is 0.939 bits per heavy atom. The van der Waals surface area contributed by atoms with Gasteiger partial charge in [-0.2, -0.15) is 0 Å². The monoisotopic (exact) mass is 472 g/mol. The zero-order valence-corrected chi connectivity index (χ0v) is 17.6. The summed E-state index contributed by atoms with van der Waals surface area (Å²) in [5.74, 6) is -0.712. The van der Waals surface area contributed by atoms with Crippen LogP contribution in [0.25, 0.3) is 6.08 Å². The molecule has 2 aliphatic heterocycles. The number of phenolic OH excluding ortho intramolecular Hbond substituents is 1. The van der Waals surface area contributed by atoms with E-state index in [4.69, 9.17) is 18.9 Å². The molecule has 12 heteroatoms. The van der Waals surface area contributed by atoms with Crippen LogP contribution in [0.4, 0.5) is 0 Å². The summed E-state index contributed by atoms with van der Waals surface area (Å²) in [6, 6.07) is 6.03. The molecule has 184 valence electrons. The Kier molecular flexibility index (Phi) is 8.39. The highest BCUT2D eigenvalue weighted by Gasteiger charge is 2.50. The predicted molar refractivity (Wildman–Crippen MR) is 108 cm³/mol. The molecule has 0 saturated carbocycles. The summed E-state index contributed by atoms with van der Waals surface area (Å²) >= 11 is 0. The average Bonchev–Trinajstić information content (AvgIpc) is 2.79. The standard InChI is InChI=1S/C21H28O12/c1-9-14(24)16(26)17(27)21(31-9)33-19-15(25)12(32-20(29)18(19)28)8-30-13(23)7-4-10-2-5-11(22)6-3-10/h2-7,9,12,14-22,24-29H,8H2,1H3/t9-,12+,14-,15+,16-,17-,18+,19-,20+,21+/m0/s1. The van der Waals surface area contributed by atoms with Gasteiger partial charge in [-0.15, -0.1) is 0 Å². The second-order valence-corrected chi connectivity index (χ2v) is 7.88. The van der Waals surface area contributed by atoms with Gasteiger partial charge in [0.05, 0.1) is 6.10 Å². The third-order valence-electron chi connectivity index (χ3n) is 5.45. The van der Waals surface area contributed by atoms with Crippen LogP contribution < -0.4 is 0 Å². The van der Waals surface area contributed by atoms with Crippen LogP contribution in [0.15, 0.2) is 30.3 Å². The van der Waals surface area contributed by atoms with E-state index >= 15 is 0 Å². The van der Waals surface area contributed by atoms with Gasteiger partial charge in [0.25, 0.3) is 0 Å². The first kappa shape index (κ1) is 25.5. The van der Waals surface area contributed by atoms with E-state index in [0.717, 1.165) is 6.08 Å². The normalized spacial score (nSPS) is 39.5. The molecule has 0 radical (unpaired) electrons. The number of ether oxygens (including phenoxy) is 4. The number of aliphatic hydroxyl groups excluding tert-OH is 6. The van der Waals surface area contributed by atoms with Crippen LogP contribution in [0.3, 0.4) is 0 Å². The molecule has 0 aliphatic carbocycles. The van der Waals surface area contributed by atoms with Crippen molar-refractivity contribution in [2.75, 3.05) is 6.61 Å². The SMILES string of the molecule is C[C@@H]1O[C@H](O[C@@H]2[C@@H](O)[C@H](O)O[C@H](COC(=O)C=Cc3ccc(O)cc3)[C@H]2O)[C@@H](O)[C@@H](O)[C@H]1O. The first-order valence-electron chi connectivity index (χ1n) is 10.3. The van der Waals surface area contributed by atoms with Crippen LogP contribution in [-0.4, -0.2) is 110 Å². The van der Waals surface area contributed by atoms with Crippen molar-refractivity contribution in [3.05, 3.63) is 35.9 Å². The van der Waals surface area contributed by atoms with Crippen molar-refractivity contribution >= 4 is 12.0 Å². The number of benzene rings is 1. The fourth-order valence-electron chi connectivity index (χ4n) is 3.46. The molecule has 3 rings (SSSR count). The van der Waals surface area contributed by atoms with E-state index in [1.165, 1.54) is 25.1 Å². The van der Waals surface area contributed by atoms with Crippen molar-refractivity contribution in [2.45, 2.75) is 68.3 Å². The second kappa shape index (κ2) is 10.9. The first-order chi connectivity index (χ1) is 15.6. The van der Waals surface area contributed by atoms with Crippen molar-refractivity contribution in [2.24, 2.45) is 0 Å². The molecule has 1 aromatic rings. The molecule has 10 atom stereocenters. The summed E-state index contributed by atoms with van der Waals surface area (Å²) in [4.78, 5) is 12.0. The number of rotatable bonds is 6.